The van der Waals surface area contributed by atoms with Crippen molar-refractivity contribution in [3.63, 3.8) is 0 Å². The number of para-hydroxylation sites is 1. The highest BCUT2D eigenvalue weighted by Crippen LogP contribution is 2.30. The average molecular weight is 305 g/mol. The van der Waals surface area contributed by atoms with Crippen LogP contribution in [0.2, 0.25) is 0 Å². The summed E-state index contributed by atoms with van der Waals surface area (Å²) in [6.45, 7) is 1.55. The van der Waals surface area contributed by atoms with E-state index in [1.807, 2.05) is 30.3 Å². The molecule has 3 rings (SSSR count). The van der Waals surface area contributed by atoms with E-state index >= 15 is 0 Å². The zero-order valence-electron chi connectivity index (χ0n) is 11.6. The fourth-order valence-electron chi connectivity index (χ4n) is 2.34. The molecule has 4 nitrogen and oxygen atoms in total. The smallest absolute Gasteiger partial charge is 0.189 e. The fourth-order valence-corrected chi connectivity index (χ4v) is 2.54. The van der Waals surface area contributed by atoms with E-state index in [0.29, 0.717) is 25.8 Å². The number of fused-ring (bicyclic) bond motifs is 1. The van der Waals surface area contributed by atoms with E-state index in [9.17, 15) is 0 Å². The molecule has 5 heteroatoms. The van der Waals surface area contributed by atoms with Crippen LogP contribution in [-0.4, -0.2) is 6.79 Å². The van der Waals surface area contributed by atoms with E-state index < -0.39 is 0 Å². The maximum Gasteiger partial charge on any atom is 0.189 e. The molecule has 0 amide bonds. The van der Waals surface area contributed by atoms with E-state index in [-0.39, 0.29) is 0 Å². The Hall–Kier alpha value is -1.75. The van der Waals surface area contributed by atoms with Gasteiger partial charge >= 0.3 is 0 Å². The minimum absolute atomic E-state index is 0.296. The van der Waals surface area contributed by atoms with E-state index in [1.165, 1.54) is 0 Å². The quantitative estimate of drug-likeness (QED) is 0.656. The van der Waals surface area contributed by atoms with E-state index in [1.54, 1.807) is 0 Å². The second-order valence-corrected chi connectivity index (χ2v) is 5.10. The van der Waals surface area contributed by atoms with Crippen LogP contribution in [0.5, 0.6) is 5.75 Å². The molecule has 0 unspecified atom stereocenters. The van der Waals surface area contributed by atoms with Crippen LogP contribution in [0.1, 0.15) is 16.7 Å². The second-order valence-electron chi connectivity index (χ2n) is 4.83. The lowest BCUT2D eigenvalue weighted by atomic mass is 10.0. The number of ether oxygens (including phenoxy) is 2. The van der Waals surface area contributed by atoms with Gasteiger partial charge < -0.3 is 14.9 Å². The van der Waals surface area contributed by atoms with Gasteiger partial charge in [0, 0.05) is 23.4 Å². The lowest BCUT2D eigenvalue weighted by Crippen LogP contribution is -2.21. The molecule has 0 saturated carbocycles. The standard InChI is InChI=1S/C16H17ClN2O2/c17-8-13-6-12(7-14-10-20-11-21-16(13)14)9-18-19-15-4-2-1-3-5-15/h1-7,18-19H,8-11H2. The third kappa shape index (κ3) is 3.47. The summed E-state index contributed by atoms with van der Waals surface area (Å²) in [5.41, 5.74) is 10.6. The van der Waals surface area contributed by atoms with Gasteiger partial charge in [-0.15, -0.1) is 11.6 Å². The molecule has 1 aliphatic rings. The largest absolute Gasteiger partial charge is 0.467 e. The van der Waals surface area contributed by atoms with E-state index in [0.717, 1.165) is 28.1 Å². The topological polar surface area (TPSA) is 42.5 Å². The Balaban J connectivity index is 1.68. The van der Waals surface area contributed by atoms with Crippen molar-refractivity contribution in [2.45, 2.75) is 19.0 Å². The van der Waals surface area contributed by atoms with Gasteiger partial charge in [-0.25, -0.2) is 5.43 Å². The first-order valence-electron chi connectivity index (χ1n) is 6.82. The molecule has 1 aliphatic heterocycles. The number of rotatable bonds is 5. The summed E-state index contributed by atoms with van der Waals surface area (Å²) < 4.78 is 10.9. The number of hydrazine groups is 1. The van der Waals surface area contributed by atoms with Gasteiger partial charge in [-0.3, -0.25) is 0 Å². The van der Waals surface area contributed by atoms with Gasteiger partial charge in [0.25, 0.3) is 0 Å². The number of alkyl halides is 1. The molecule has 0 aromatic heterocycles. The first-order valence-corrected chi connectivity index (χ1v) is 7.35. The first kappa shape index (κ1) is 14.2. The number of nitrogens with one attached hydrogen (secondary N) is 2. The zero-order chi connectivity index (χ0) is 14.5. The normalized spacial score (nSPS) is 13.4. The predicted octanol–water partition coefficient (Wildman–Crippen LogP) is 3.41. The Morgan fingerprint density at radius 1 is 1.14 bits per heavy atom. The molecule has 2 aromatic carbocycles. The molecule has 0 fully saturated rings. The summed E-state index contributed by atoms with van der Waals surface area (Å²) in [7, 11) is 0. The van der Waals surface area contributed by atoms with Crippen molar-refractivity contribution in [3.8, 4) is 5.75 Å². The van der Waals surface area contributed by atoms with Gasteiger partial charge in [0.15, 0.2) is 6.79 Å². The summed E-state index contributed by atoms with van der Waals surface area (Å²) in [4.78, 5) is 0. The van der Waals surface area contributed by atoms with Gasteiger partial charge in [-0.2, -0.15) is 0 Å². The highest BCUT2D eigenvalue weighted by molar-refractivity contribution is 6.17. The molecule has 110 valence electrons. The highest BCUT2D eigenvalue weighted by Gasteiger charge is 2.15. The van der Waals surface area contributed by atoms with Crippen LogP contribution in [-0.2, 0) is 23.8 Å². The molecular weight excluding hydrogens is 288 g/mol. The van der Waals surface area contributed by atoms with Crippen LogP contribution in [0, 0.1) is 0 Å². The summed E-state index contributed by atoms with van der Waals surface area (Å²) in [6, 6.07) is 14.1. The Labute approximate surface area is 129 Å². The summed E-state index contributed by atoms with van der Waals surface area (Å²) >= 11 is 6.01. The maximum absolute atomic E-state index is 6.01. The van der Waals surface area contributed by atoms with Gasteiger partial charge in [-0.05, 0) is 29.8 Å². The van der Waals surface area contributed by atoms with E-state index in [2.05, 4.69) is 23.0 Å². The van der Waals surface area contributed by atoms with Crippen LogP contribution in [0.4, 0.5) is 5.69 Å². The SMILES string of the molecule is ClCc1cc(CNNc2ccccc2)cc2c1OCOC2. The lowest BCUT2D eigenvalue weighted by molar-refractivity contribution is -0.0169. The molecule has 0 saturated heterocycles. The van der Waals surface area contributed by atoms with Crippen LogP contribution in [0.3, 0.4) is 0 Å². The monoisotopic (exact) mass is 304 g/mol. The van der Waals surface area contributed by atoms with Crippen molar-refractivity contribution in [1.82, 2.24) is 5.43 Å². The number of benzene rings is 2. The van der Waals surface area contributed by atoms with Crippen LogP contribution >= 0.6 is 11.6 Å². The van der Waals surface area contributed by atoms with Crippen LogP contribution in [0.25, 0.3) is 0 Å². The lowest BCUT2D eigenvalue weighted by Gasteiger charge is -2.21. The molecule has 0 aliphatic carbocycles. The third-order valence-corrected chi connectivity index (χ3v) is 3.58. The number of hydrogen-bond acceptors (Lipinski definition) is 4. The Morgan fingerprint density at radius 2 is 2.00 bits per heavy atom. The van der Waals surface area contributed by atoms with Gasteiger partial charge in [0.05, 0.1) is 12.5 Å². The van der Waals surface area contributed by atoms with Gasteiger partial charge in [-0.1, -0.05) is 18.2 Å². The van der Waals surface area contributed by atoms with Crippen LogP contribution in [0.15, 0.2) is 42.5 Å². The Kier molecular flexibility index (Phi) is 4.60. The van der Waals surface area contributed by atoms with Crippen molar-refractivity contribution >= 4 is 17.3 Å². The second kappa shape index (κ2) is 6.80. The molecule has 1 heterocycles. The molecular formula is C16H17ClN2O2. The maximum atomic E-state index is 6.01. The zero-order valence-corrected chi connectivity index (χ0v) is 12.3. The van der Waals surface area contributed by atoms with Crippen molar-refractivity contribution in [3.05, 3.63) is 59.2 Å². The van der Waals surface area contributed by atoms with Crippen LogP contribution < -0.4 is 15.6 Å². The Morgan fingerprint density at radius 3 is 2.81 bits per heavy atom. The summed E-state index contributed by atoms with van der Waals surface area (Å²) in [5.74, 6) is 1.30. The highest BCUT2D eigenvalue weighted by atomic mass is 35.5. The molecule has 0 radical (unpaired) electrons. The number of hydrogen-bond donors (Lipinski definition) is 2. The van der Waals surface area contributed by atoms with E-state index in [4.69, 9.17) is 21.1 Å². The molecule has 21 heavy (non-hydrogen) atoms. The average Bonchev–Trinajstić information content (AvgIpc) is 2.55. The molecule has 0 bridgehead atoms. The van der Waals surface area contributed by atoms with Gasteiger partial charge in [0.2, 0.25) is 0 Å². The van der Waals surface area contributed by atoms with Crippen molar-refractivity contribution in [2.24, 2.45) is 0 Å². The molecule has 2 aromatic rings. The Bertz CT molecular complexity index is 587. The van der Waals surface area contributed by atoms with Crippen molar-refractivity contribution in [1.29, 1.82) is 0 Å². The minimum atomic E-state index is 0.296. The number of anilines is 1. The summed E-state index contributed by atoms with van der Waals surface area (Å²) in [5, 5.41) is 0. The molecule has 2 N–H and O–H groups in total. The molecule has 0 spiro atoms. The summed E-state index contributed by atoms with van der Waals surface area (Å²) in [6.07, 6.45) is 0. The van der Waals surface area contributed by atoms with Gasteiger partial charge in [0.1, 0.15) is 5.75 Å². The first-order chi connectivity index (χ1) is 10.4. The number of halogens is 1. The third-order valence-electron chi connectivity index (χ3n) is 3.29. The fraction of sp³-hybridized carbons (Fsp3) is 0.250. The van der Waals surface area contributed by atoms with Crippen molar-refractivity contribution in [2.75, 3.05) is 12.2 Å². The molecule has 0 atom stereocenters. The van der Waals surface area contributed by atoms with Crippen molar-refractivity contribution < 1.29 is 9.47 Å². The predicted molar refractivity (Wildman–Crippen MR) is 83.2 cm³/mol. The minimum Gasteiger partial charge on any atom is -0.467 e.